The zero-order chi connectivity index (χ0) is 12.6. The predicted molar refractivity (Wildman–Crippen MR) is 64.3 cm³/mol. The van der Waals surface area contributed by atoms with Crippen molar-refractivity contribution in [1.82, 2.24) is 0 Å². The van der Waals surface area contributed by atoms with E-state index in [0.29, 0.717) is 6.42 Å². The van der Waals surface area contributed by atoms with Gasteiger partial charge in [0, 0.05) is 0 Å². The maximum Gasteiger partial charge on any atom is 0.304 e. The molecule has 0 saturated heterocycles. The summed E-state index contributed by atoms with van der Waals surface area (Å²) in [6.45, 7) is 3.57. The number of hydrogen-bond acceptors (Lipinski definition) is 3. The van der Waals surface area contributed by atoms with Crippen LogP contribution in [-0.2, 0) is 14.6 Å². The Bertz CT molecular complexity index is 295. The van der Waals surface area contributed by atoms with Crippen LogP contribution in [0.4, 0.5) is 0 Å². The molecule has 0 aromatic rings. The highest BCUT2D eigenvalue weighted by molar-refractivity contribution is 7.92. The third-order valence-corrected chi connectivity index (χ3v) is 4.86. The molecule has 1 N–H and O–H groups in total. The first-order chi connectivity index (χ1) is 7.40. The van der Waals surface area contributed by atoms with Gasteiger partial charge in [-0.1, -0.05) is 32.6 Å². The second kappa shape index (κ2) is 7.65. The Morgan fingerprint density at radius 1 is 1.19 bits per heavy atom. The predicted octanol–water partition coefficient (Wildman–Crippen LogP) is 2.23. The van der Waals surface area contributed by atoms with Crippen molar-refractivity contribution in [2.24, 2.45) is 0 Å². The fourth-order valence-electron chi connectivity index (χ4n) is 1.48. The van der Waals surface area contributed by atoms with Crippen molar-refractivity contribution in [3.05, 3.63) is 0 Å². The summed E-state index contributed by atoms with van der Waals surface area (Å²) in [5, 5.41) is 7.76. The smallest absolute Gasteiger partial charge is 0.304 e. The van der Waals surface area contributed by atoms with Crippen LogP contribution in [0.2, 0.25) is 0 Å². The molecule has 0 aliphatic carbocycles. The van der Waals surface area contributed by atoms with Crippen LogP contribution in [0, 0.1) is 0 Å². The minimum atomic E-state index is -3.22. The van der Waals surface area contributed by atoms with Crippen LogP contribution >= 0.6 is 0 Å². The summed E-state index contributed by atoms with van der Waals surface area (Å²) in [6.07, 6.45) is 4.57. The lowest BCUT2D eigenvalue weighted by molar-refractivity contribution is -0.136. The molecule has 0 aromatic carbocycles. The highest BCUT2D eigenvalue weighted by Gasteiger charge is 2.22. The fraction of sp³-hybridized carbons (Fsp3) is 0.909. The van der Waals surface area contributed by atoms with Crippen molar-refractivity contribution < 1.29 is 18.3 Å². The molecule has 0 aliphatic heterocycles. The monoisotopic (exact) mass is 250 g/mol. The Hall–Kier alpha value is -0.580. The summed E-state index contributed by atoms with van der Waals surface area (Å²) in [5.74, 6) is -0.937. The standard InChI is InChI=1S/C11H22O4S/c1-3-4-5-6-7-8-16(14,15)10(2)9-11(12)13/h10H,3-9H2,1-2H3,(H,12,13). The van der Waals surface area contributed by atoms with Crippen LogP contribution in [0.15, 0.2) is 0 Å². The third kappa shape index (κ3) is 6.82. The molecule has 16 heavy (non-hydrogen) atoms. The maximum atomic E-state index is 11.6. The van der Waals surface area contributed by atoms with Gasteiger partial charge in [0.15, 0.2) is 9.84 Å². The number of hydrogen-bond donors (Lipinski definition) is 1. The minimum absolute atomic E-state index is 0.116. The van der Waals surface area contributed by atoms with Gasteiger partial charge < -0.3 is 5.11 Å². The van der Waals surface area contributed by atoms with Crippen molar-refractivity contribution in [3.8, 4) is 0 Å². The molecule has 96 valence electrons. The number of aliphatic carboxylic acids is 1. The van der Waals surface area contributed by atoms with Crippen LogP contribution in [-0.4, -0.2) is 30.5 Å². The minimum Gasteiger partial charge on any atom is -0.481 e. The Kier molecular flexibility index (Phi) is 7.38. The lowest BCUT2D eigenvalue weighted by atomic mass is 10.2. The highest BCUT2D eigenvalue weighted by Crippen LogP contribution is 2.11. The first-order valence-corrected chi connectivity index (χ1v) is 7.55. The van der Waals surface area contributed by atoms with Gasteiger partial charge in [-0.15, -0.1) is 0 Å². The molecule has 0 heterocycles. The molecule has 0 radical (unpaired) electrons. The molecule has 0 rings (SSSR count). The highest BCUT2D eigenvalue weighted by atomic mass is 32.2. The van der Waals surface area contributed by atoms with Crippen LogP contribution < -0.4 is 0 Å². The van der Waals surface area contributed by atoms with Crippen molar-refractivity contribution in [3.63, 3.8) is 0 Å². The molecule has 1 atom stereocenters. The normalized spacial score (nSPS) is 13.6. The molecule has 0 fully saturated rings. The third-order valence-electron chi connectivity index (χ3n) is 2.61. The first-order valence-electron chi connectivity index (χ1n) is 5.83. The largest absolute Gasteiger partial charge is 0.481 e. The molecule has 0 spiro atoms. The summed E-state index contributed by atoms with van der Waals surface area (Å²) in [7, 11) is -3.22. The topological polar surface area (TPSA) is 71.4 Å². The van der Waals surface area contributed by atoms with E-state index in [-0.39, 0.29) is 12.2 Å². The number of unbranched alkanes of at least 4 members (excludes halogenated alkanes) is 4. The number of carboxylic acid groups (broad SMARTS) is 1. The van der Waals surface area contributed by atoms with Gasteiger partial charge >= 0.3 is 5.97 Å². The van der Waals surface area contributed by atoms with E-state index < -0.39 is 21.1 Å². The van der Waals surface area contributed by atoms with Gasteiger partial charge in [-0.05, 0) is 13.3 Å². The van der Waals surface area contributed by atoms with Crippen LogP contribution in [0.3, 0.4) is 0 Å². The van der Waals surface area contributed by atoms with Crippen LogP contribution in [0.1, 0.15) is 52.4 Å². The van der Waals surface area contributed by atoms with Gasteiger partial charge in [-0.3, -0.25) is 4.79 Å². The molecule has 0 saturated carbocycles. The average molecular weight is 250 g/mol. The molecule has 0 amide bonds. The Balaban J connectivity index is 3.91. The van der Waals surface area contributed by atoms with E-state index in [1.807, 2.05) is 0 Å². The van der Waals surface area contributed by atoms with E-state index in [9.17, 15) is 13.2 Å². The van der Waals surface area contributed by atoms with E-state index >= 15 is 0 Å². The summed E-state index contributed by atoms with van der Waals surface area (Å²) < 4.78 is 23.3. The maximum absolute atomic E-state index is 11.6. The van der Waals surface area contributed by atoms with Crippen molar-refractivity contribution in [2.75, 3.05) is 5.75 Å². The van der Waals surface area contributed by atoms with Gasteiger partial charge in [-0.2, -0.15) is 0 Å². The molecule has 0 bridgehead atoms. The summed E-state index contributed by atoms with van der Waals surface area (Å²) in [4.78, 5) is 10.4. The molecule has 0 aliphatic rings. The van der Waals surface area contributed by atoms with Gasteiger partial charge in [0.1, 0.15) is 0 Å². The SMILES string of the molecule is CCCCCCCS(=O)(=O)C(C)CC(=O)O. The molecule has 4 nitrogen and oxygen atoms in total. The quantitative estimate of drug-likeness (QED) is 0.637. The van der Waals surface area contributed by atoms with Crippen molar-refractivity contribution in [1.29, 1.82) is 0 Å². The fourth-order valence-corrected chi connectivity index (χ4v) is 2.89. The van der Waals surface area contributed by atoms with E-state index in [1.54, 1.807) is 0 Å². The van der Waals surface area contributed by atoms with Gasteiger partial charge in [0.2, 0.25) is 0 Å². The lowest BCUT2D eigenvalue weighted by Crippen LogP contribution is -2.23. The molecule has 1 unspecified atom stereocenters. The summed E-state index contributed by atoms with van der Waals surface area (Å²) in [6, 6.07) is 0. The average Bonchev–Trinajstić information content (AvgIpc) is 2.16. The molecule has 0 aromatic heterocycles. The number of carbonyl (C=O) groups is 1. The molecule has 5 heteroatoms. The lowest BCUT2D eigenvalue weighted by Gasteiger charge is -2.10. The number of rotatable bonds is 9. The van der Waals surface area contributed by atoms with E-state index in [1.165, 1.54) is 6.92 Å². The molecular formula is C11H22O4S. The van der Waals surface area contributed by atoms with Crippen LogP contribution in [0.5, 0.6) is 0 Å². The van der Waals surface area contributed by atoms with Gasteiger partial charge in [-0.25, -0.2) is 8.42 Å². The Morgan fingerprint density at radius 3 is 2.25 bits per heavy atom. The zero-order valence-corrected chi connectivity index (χ0v) is 10.9. The summed E-state index contributed by atoms with van der Waals surface area (Å²) in [5.41, 5.74) is 0. The number of sulfone groups is 1. The van der Waals surface area contributed by atoms with Gasteiger partial charge in [0.25, 0.3) is 0 Å². The Morgan fingerprint density at radius 2 is 1.75 bits per heavy atom. The van der Waals surface area contributed by atoms with E-state index in [2.05, 4.69) is 6.92 Å². The molecular weight excluding hydrogens is 228 g/mol. The second-order valence-corrected chi connectivity index (χ2v) is 6.73. The van der Waals surface area contributed by atoms with Crippen LogP contribution in [0.25, 0.3) is 0 Å². The first kappa shape index (κ1) is 15.4. The van der Waals surface area contributed by atoms with Gasteiger partial charge in [0.05, 0.1) is 17.4 Å². The van der Waals surface area contributed by atoms with E-state index in [0.717, 1.165) is 25.7 Å². The van der Waals surface area contributed by atoms with Crippen molar-refractivity contribution >= 4 is 15.8 Å². The van der Waals surface area contributed by atoms with E-state index in [4.69, 9.17) is 5.11 Å². The zero-order valence-electron chi connectivity index (χ0n) is 10.1. The van der Waals surface area contributed by atoms with Crippen molar-refractivity contribution in [2.45, 2.75) is 57.6 Å². The number of carboxylic acids is 1. The summed E-state index contributed by atoms with van der Waals surface area (Å²) >= 11 is 0. The Labute approximate surface area is 98.0 Å². The second-order valence-electron chi connectivity index (χ2n) is 4.19.